The van der Waals surface area contributed by atoms with E-state index in [1.807, 2.05) is 55.7 Å². The minimum absolute atomic E-state index is 0.265. The molecule has 1 spiro atoms. The molecule has 6 nitrogen and oxygen atoms in total. The Morgan fingerprint density at radius 1 is 1.17 bits per heavy atom. The molecule has 1 atom stereocenters. The van der Waals surface area contributed by atoms with Crippen LogP contribution in [0.4, 0.5) is 11.4 Å². The summed E-state index contributed by atoms with van der Waals surface area (Å²) in [7, 11) is 3.68. The fraction of sp³-hybridized carbons (Fsp3) is 0.250. The second-order valence-corrected chi connectivity index (χ2v) is 7.56. The summed E-state index contributed by atoms with van der Waals surface area (Å²) in [4.78, 5) is 18.6. The number of rotatable bonds is 3. The number of aliphatic imine (C=N–C) groups is 1. The molecule has 0 radical (unpaired) electrons. The Balaban J connectivity index is 1.53. The van der Waals surface area contributed by atoms with E-state index in [0.29, 0.717) is 24.3 Å². The summed E-state index contributed by atoms with van der Waals surface area (Å²) in [5.74, 6) is 1.78. The van der Waals surface area contributed by atoms with Gasteiger partial charge in [0.05, 0.1) is 13.3 Å². The molecule has 152 valence electrons. The number of benzene rings is 3. The molecule has 0 amide bonds. The van der Waals surface area contributed by atoms with E-state index in [0.717, 1.165) is 33.5 Å². The zero-order chi connectivity index (χ0) is 20.9. The van der Waals surface area contributed by atoms with Crippen molar-refractivity contribution in [3.05, 3.63) is 54.1 Å². The first-order valence-corrected chi connectivity index (χ1v) is 9.95. The van der Waals surface area contributed by atoms with Crippen LogP contribution in [0.1, 0.15) is 18.9 Å². The van der Waals surface area contributed by atoms with Gasteiger partial charge in [0.25, 0.3) is 0 Å². The molecule has 30 heavy (non-hydrogen) atoms. The normalized spacial score (nSPS) is 18.8. The van der Waals surface area contributed by atoms with Crippen LogP contribution >= 0.6 is 0 Å². The van der Waals surface area contributed by atoms with Crippen LogP contribution in [0.5, 0.6) is 17.2 Å². The molecule has 0 aliphatic carbocycles. The van der Waals surface area contributed by atoms with E-state index in [-0.39, 0.29) is 5.97 Å². The van der Waals surface area contributed by atoms with Crippen molar-refractivity contribution in [3.8, 4) is 17.2 Å². The van der Waals surface area contributed by atoms with Gasteiger partial charge in [0.1, 0.15) is 22.9 Å². The maximum Gasteiger partial charge on any atom is 0.310 e. The Hall–Kier alpha value is -3.54. The summed E-state index contributed by atoms with van der Waals surface area (Å²) in [6.07, 6.45) is 2.86. The first-order valence-electron chi connectivity index (χ1n) is 9.95. The highest BCUT2D eigenvalue weighted by atomic mass is 16.5. The van der Waals surface area contributed by atoms with Crippen LogP contribution in [-0.2, 0) is 11.2 Å². The summed E-state index contributed by atoms with van der Waals surface area (Å²) in [5.41, 5.74) is 2.32. The fourth-order valence-corrected chi connectivity index (χ4v) is 4.12. The van der Waals surface area contributed by atoms with Crippen molar-refractivity contribution < 1.29 is 19.0 Å². The first kappa shape index (κ1) is 18.5. The quantitative estimate of drug-likeness (QED) is 0.472. The highest BCUT2D eigenvalue weighted by molar-refractivity contribution is 6.00. The molecule has 0 aromatic heterocycles. The Bertz CT molecular complexity index is 1200. The number of nitrogens with zero attached hydrogens (tertiary/aromatic N) is 2. The molecule has 2 aliphatic heterocycles. The van der Waals surface area contributed by atoms with E-state index in [1.165, 1.54) is 0 Å². The van der Waals surface area contributed by atoms with E-state index in [1.54, 1.807) is 20.1 Å². The Labute approximate surface area is 174 Å². The van der Waals surface area contributed by atoms with Crippen molar-refractivity contribution in [2.24, 2.45) is 4.99 Å². The van der Waals surface area contributed by atoms with Crippen LogP contribution in [0.2, 0.25) is 0 Å². The average Bonchev–Trinajstić information content (AvgIpc) is 3.03. The smallest absolute Gasteiger partial charge is 0.310 e. The minimum atomic E-state index is -0.679. The van der Waals surface area contributed by atoms with E-state index in [4.69, 9.17) is 19.2 Å². The molecule has 3 aromatic carbocycles. The molecule has 2 heterocycles. The summed E-state index contributed by atoms with van der Waals surface area (Å²) < 4.78 is 17.3. The predicted octanol–water partition coefficient (Wildman–Crippen LogP) is 4.65. The van der Waals surface area contributed by atoms with Gasteiger partial charge in [-0.05, 0) is 47.3 Å². The van der Waals surface area contributed by atoms with Crippen molar-refractivity contribution in [1.29, 1.82) is 0 Å². The van der Waals surface area contributed by atoms with Gasteiger partial charge in [-0.2, -0.15) is 0 Å². The van der Waals surface area contributed by atoms with Crippen molar-refractivity contribution in [2.45, 2.75) is 25.5 Å². The van der Waals surface area contributed by atoms with Crippen LogP contribution in [0.15, 0.2) is 53.5 Å². The van der Waals surface area contributed by atoms with Crippen molar-refractivity contribution in [2.75, 3.05) is 19.1 Å². The lowest BCUT2D eigenvalue weighted by Crippen LogP contribution is -2.52. The molecular formula is C24H22N2O4. The molecule has 3 aromatic rings. The van der Waals surface area contributed by atoms with Gasteiger partial charge in [0, 0.05) is 31.0 Å². The van der Waals surface area contributed by atoms with E-state index >= 15 is 0 Å². The van der Waals surface area contributed by atoms with E-state index < -0.39 is 5.72 Å². The van der Waals surface area contributed by atoms with E-state index in [9.17, 15) is 4.79 Å². The molecule has 0 fully saturated rings. The molecule has 0 saturated heterocycles. The van der Waals surface area contributed by atoms with Gasteiger partial charge in [0.15, 0.2) is 0 Å². The minimum Gasteiger partial charge on any atom is -0.497 e. The average molecular weight is 402 g/mol. The first-order chi connectivity index (χ1) is 14.5. The van der Waals surface area contributed by atoms with E-state index in [2.05, 4.69) is 4.90 Å². The van der Waals surface area contributed by atoms with Crippen molar-refractivity contribution in [3.63, 3.8) is 0 Å². The third kappa shape index (κ3) is 2.79. The second-order valence-electron chi connectivity index (χ2n) is 7.56. The number of carbonyl (C=O) groups is 1. The van der Waals surface area contributed by atoms with Crippen LogP contribution in [0.25, 0.3) is 10.8 Å². The van der Waals surface area contributed by atoms with Gasteiger partial charge in [-0.25, -0.2) is 0 Å². The van der Waals surface area contributed by atoms with Gasteiger partial charge in [0.2, 0.25) is 5.72 Å². The summed E-state index contributed by atoms with van der Waals surface area (Å²) >= 11 is 0. The number of hydrogen-bond acceptors (Lipinski definition) is 6. The number of likely N-dealkylation sites (N-methyl/N-ethyl adjacent to an activating group) is 1. The molecule has 0 saturated carbocycles. The lowest BCUT2D eigenvalue weighted by Gasteiger charge is -2.37. The summed E-state index contributed by atoms with van der Waals surface area (Å²) in [6, 6.07) is 15.6. The molecular weight excluding hydrogens is 380 g/mol. The Morgan fingerprint density at radius 2 is 1.97 bits per heavy atom. The number of anilines is 1. The zero-order valence-electron chi connectivity index (χ0n) is 17.1. The molecule has 0 N–H and O–H groups in total. The van der Waals surface area contributed by atoms with Crippen LogP contribution in [-0.4, -0.2) is 32.1 Å². The van der Waals surface area contributed by atoms with Crippen molar-refractivity contribution in [1.82, 2.24) is 0 Å². The second kappa shape index (κ2) is 6.76. The number of hydrogen-bond donors (Lipinski definition) is 0. The SMILES string of the molecule is CCC(=O)Oc1ccc2ccc3c(c2c1)N=CC1(Cc2cc(OC)ccc2N1C)O3. The van der Waals surface area contributed by atoms with Gasteiger partial charge in [-0.3, -0.25) is 9.79 Å². The van der Waals surface area contributed by atoms with Crippen LogP contribution in [0.3, 0.4) is 0 Å². The summed E-state index contributed by atoms with van der Waals surface area (Å²) in [6.45, 7) is 1.77. The fourth-order valence-electron chi connectivity index (χ4n) is 4.12. The lowest BCUT2D eigenvalue weighted by atomic mass is 10.0. The topological polar surface area (TPSA) is 60.4 Å². The maximum absolute atomic E-state index is 11.7. The molecule has 5 rings (SSSR count). The molecule has 6 heteroatoms. The number of ether oxygens (including phenoxy) is 3. The zero-order valence-corrected chi connectivity index (χ0v) is 17.1. The highest BCUT2D eigenvalue weighted by Crippen LogP contribution is 2.46. The molecule has 2 aliphatic rings. The number of esters is 1. The number of methoxy groups -OCH3 is 1. The van der Waals surface area contributed by atoms with Crippen LogP contribution < -0.4 is 19.1 Å². The molecule has 1 unspecified atom stereocenters. The van der Waals surface area contributed by atoms with Gasteiger partial charge >= 0.3 is 5.97 Å². The third-order valence-electron chi connectivity index (χ3n) is 5.79. The monoisotopic (exact) mass is 402 g/mol. The Morgan fingerprint density at radius 3 is 2.77 bits per heavy atom. The van der Waals surface area contributed by atoms with Crippen LogP contribution in [0, 0.1) is 0 Å². The van der Waals surface area contributed by atoms with Gasteiger partial charge in [-0.15, -0.1) is 0 Å². The lowest BCUT2D eigenvalue weighted by molar-refractivity contribution is -0.134. The molecule has 0 bridgehead atoms. The largest absolute Gasteiger partial charge is 0.497 e. The third-order valence-corrected chi connectivity index (χ3v) is 5.79. The number of fused-ring (bicyclic) bond motifs is 4. The maximum atomic E-state index is 11.7. The predicted molar refractivity (Wildman–Crippen MR) is 116 cm³/mol. The standard InChI is InChI=1S/C24H22N2O4/c1-4-22(27)29-18-7-5-15-6-10-21-23(19(15)12-18)25-14-24(30-21)13-16-11-17(28-3)8-9-20(16)26(24)2/h5-12,14H,4,13H2,1-3H3. The van der Waals surface area contributed by atoms with Gasteiger partial charge in [-0.1, -0.05) is 19.1 Å². The van der Waals surface area contributed by atoms with Crippen molar-refractivity contribution >= 4 is 34.3 Å². The highest BCUT2D eigenvalue weighted by Gasteiger charge is 2.45. The van der Waals surface area contributed by atoms with Gasteiger partial charge < -0.3 is 19.1 Å². The Kier molecular flexibility index (Phi) is 4.17. The number of carbonyl (C=O) groups excluding carboxylic acids is 1. The summed E-state index contributed by atoms with van der Waals surface area (Å²) in [5, 5.41) is 1.90.